The van der Waals surface area contributed by atoms with Crippen LogP contribution < -0.4 is 0 Å². The van der Waals surface area contributed by atoms with Crippen molar-refractivity contribution in [2.75, 3.05) is 13.2 Å². The van der Waals surface area contributed by atoms with Crippen LogP contribution in [0.5, 0.6) is 0 Å². The monoisotopic (exact) mass is 312 g/mol. The van der Waals surface area contributed by atoms with E-state index >= 15 is 0 Å². The number of aliphatic hydroxyl groups excluding tert-OH is 7. The maximum Gasteiger partial charge on any atom is 0.187 e. The highest BCUT2D eigenvalue weighted by atomic mass is 16.7. The molecule has 10 nitrogen and oxygen atoms in total. The highest BCUT2D eigenvalue weighted by Crippen LogP contribution is 2.28. The number of rotatable bonds is 4. The van der Waals surface area contributed by atoms with Crippen LogP contribution in [0.4, 0.5) is 0 Å². The summed E-state index contributed by atoms with van der Waals surface area (Å²) in [5.41, 5.74) is 0. The Morgan fingerprint density at radius 2 is 1.33 bits per heavy atom. The molecular weight excluding hydrogens is 292 g/mol. The molecule has 2 heterocycles. The van der Waals surface area contributed by atoms with Gasteiger partial charge in [-0.1, -0.05) is 0 Å². The zero-order valence-electron chi connectivity index (χ0n) is 11.0. The predicted molar refractivity (Wildman–Crippen MR) is 62.6 cm³/mol. The van der Waals surface area contributed by atoms with Gasteiger partial charge in [0.2, 0.25) is 0 Å². The minimum absolute atomic E-state index is 0.559. The molecule has 10 heteroatoms. The van der Waals surface area contributed by atoms with Gasteiger partial charge in [-0.2, -0.15) is 0 Å². The van der Waals surface area contributed by atoms with Crippen LogP contribution in [-0.4, -0.2) is 104 Å². The van der Waals surface area contributed by atoms with Crippen LogP contribution in [-0.2, 0) is 14.2 Å². The molecule has 0 bridgehead atoms. The Bertz CT molecular complexity index is 339. The zero-order valence-corrected chi connectivity index (χ0v) is 11.0. The minimum atomic E-state index is -1.65. The third-order valence-electron chi connectivity index (χ3n) is 3.63. The van der Waals surface area contributed by atoms with Gasteiger partial charge in [0.05, 0.1) is 13.2 Å². The van der Waals surface area contributed by atoms with Gasteiger partial charge < -0.3 is 50.0 Å². The van der Waals surface area contributed by atoms with E-state index in [1.165, 1.54) is 0 Å². The maximum absolute atomic E-state index is 9.80. The van der Waals surface area contributed by atoms with Crippen LogP contribution >= 0.6 is 0 Å². The summed E-state index contributed by atoms with van der Waals surface area (Å²) in [6.45, 7) is -1.18. The molecule has 2 fully saturated rings. The van der Waals surface area contributed by atoms with Crippen molar-refractivity contribution in [2.24, 2.45) is 0 Å². The molecule has 9 atom stereocenters. The fourth-order valence-corrected chi connectivity index (χ4v) is 2.37. The molecule has 0 amide bonds. The van der Waals surface area contributed by atoms with Gasteiger partial charge in [0.1, 0.15) is 42.7 Å². The number of aliphatic hydroxyl groups is 7. The van der Waals surface area contributed by atoms with Gasteiger partial charge in [-0.3, -0.25) is 0 Å². The number of hydrogen-bond donors (Lipinski definition) is 7. The van der Waals surface area contributed by atoms with Crippen molar-refractivity contribution < 1.29 is 50.0 Å². The average molecular weight is 312 g/mol. The summed E-state index contributed by atoms with van der Waals surface area (Å²) in [6.07, 6.45) is -12.8. The van der Waals surface area contributed by atoms with E-state index in [0.29, 0.717) is 0 Å². The van der Waals surface area contributed by atoms with Gasteiger partial charge in [0, 0.05) is 0 Å². The second-order valence-corrected chi connectivity index (χ2v) is 5.04. The van der Waals surface area contributed by atoms with Crippen LogP contribution in [0, 0.1) is 0 Å². The lowest BCUT2D eigenvalue weighted by atomic mass is 9.99. The SMILES string of the molecule is OC[C@@H]1O[C@H](O)[C@H](O)[C@H]1O[C@@H]1O[C@H](CO)[C@H](O)[C@H](O)[C@H]1O. The Kier molecular flexibility index (Phi) is 5.48. The van der Waals surface area contributed by atoms with Gasteiger partial charge in [0.25, 0.3) is 0 Å². The number of hydrogen-bond acceptors (Lipinski definition) is 10. The Morgan fingerprint density at radius 1 is 0.714 bits per heavy atom. The van der Waals surface area contributed by atoms with Crippen molar-refractivity contribution in [1.82, 2.24) is 0 Å². The van der Waals surface area contributed by atoms with Gasteiger partial charge in [-0.25, -0.2) is 0 Å². The number of ether oxygens (including phenoxy) is 3. The van der Waals surface area contributed by atoms with E-state index in [0.717, 1.165) is 0 Å². The Morgan fingerprint density at radius 3 is 1.90 bits per heavy atom. The fourth-order valence-electron chi connectivity index (χ4n) is 2.37. The average Bonchev–Trinajstić information content (AvgIpc) is 2.75. The molecule has 0 saturated carbocycles. The topological polar surface area (TPSA) is 169 Å². The third-order valence-corrected chi connectivity index (χ3v) is 3.63. The molecule has 124 valence electrons. The molecule has 2 aliphatic heterocycles. The lowest BCUT2D eigenvalue weighted by Crippen LogP contribution is -2.60. The van der Waals surface area contributed by atoms with Crippen LogP contribution in [0.15, 0.2) is 0 Å². The van der Waals surface area contributed by atoms with E-state index in [2.05, 4.69) is 0 Å². The maximum atomic E-state index is 9.80. The third kappa shape index (κ3) is 3.19. The molecule has 7 N–H and O–H groups in total. The molecule has 2 rings (SSSR count). The van der Waals surface area contributed by atoms with E-state index in [1.54, 1.807) is 0 Å². The fraction of sp³-hybridized carbons (Fsp3) is 1.00. The van der Waals surface area contributed by atoms with Gasteiger partial charge >= 0.3 is 0 Å². The van der Waals surface area contributed by atoms with Gasteiger partial charge in [-0.05, 0) is 0 Å². The molecule has 0 aliphatic carbocycles. The van der Waals surface area contributed by atoms with E-state index in [4.69, 9.17) is 24.4 Å². The zero-order chi connectivity index (χ0) is 15.7. The van der Waals surface area contributed by atoms with E-state index in [1.807, 2.05) is 0 Å². The summed E-state index contributed by atoms with van der Waals surface area (Å²) < 4.78 is 15.2. The quantitative estimate of drug-likeness (QED) is 0.267. The van der Waals surface area contributed by atoms with Crippen molar-refractivity contribution in [3.05, 3.63) is 0 Å². The smallest absolute Gasteiger partial charge is 0.187 e. The van der Waals surface area contributed by atoms with Crippen LogP contribution in [0.2, 0.25) is 0 Å². The van der Waals surface area contributed by atoms with Crippen LogP contribution in [0.3, 0.4) is 0 Å². The molecule has 2 aliphatic rings. The van der Waals surface area contributed by atoms with Crippen LogP contribution in [0.25, 0.3) is 0 Å². The molecular formula is C11H20O10. The molecule has 2 saturated heterocycles. The van der Waals surface area contributed by atoms with Crippen molar-refractivity contribution in [3.63, 3.8) is 0 Å². The Balaban J connectivity index is 2.07. The van der Waals surface area contributed by atoms with E-state index < -0.39 is 68.5 Å². The molecule has 0 aromatic carbocycles. The second-order valence-electron chi connectivity index (χ2n) is 5.04. The predicted octanol–water partition coefficient (Wildman–Crippen LogP) is -4.76. The lowest BCUT2D eigenvalue weighted by molar-refractivity contribution is -0.318. The molecule has 0 aromatic heterocycles. The lowest BCUT2D eigenvalue weighted by Gasteiger charge is -2.41. The van der Waals surface area contributed by atoms with Crippen molar-refractivity contribution in [3.8, 4) is 0 Å². The van der Waals surface area contributed by atoms with E-state index in [-0.39, 0.29) is 0 Å². The molecule has 0 unspecified atom stereocenters. The Hall–Kier alpha value is -0.400. The summed E-state index contributed by atoms with van der Waals surface area (Å²) in [5.74, 6) is 0. The highest BCUT2D eigenvalue weighted by molar-refractivity contribution is 4.92. The van der Waals surface area contributed by atoms with Gasteiger partial charge in [0.15, 0.2) is 12.6 Å². The first-order chi connectivity index (χ1) is 9.90. The van der Waals surface area contributed by atoms with Crippen molar-refractivity contribution in [2.45, 2.75) is 55.3 Å². The van der Waals surface area contributed by atoms with Crippen LogP contribution in [0.1, 0.15) is 0 Å². The standard InChI is InChI=1S/C11H20O10/c12-1-3-5(14)6(15)7(16)11(20-3)21-9-4(2-13)19-10(18)8(9)17/h3-18H,1-2H2/t3-,4+,5+,6+,7-,8-,9+,10+,11+/m1/s1. The highest BCUT2D eigenvalue weighted by Gasteiger charge is 2.49. The second kappa shape index (κ2) is 6.79. The largest absolute Gasteiger partial charge is 0.394 e. The molecule has 0 aromatic rings. The summed E-state index contributed by atoms with van der Waals surface area (Å²) in [7, 11) is 0. The first-order valence-corrected chi connectivity index (χ1v) is 6.49. The van der Waals surface area contributed by atoms with Crippen molar-refractivity contribution in [1.29, 1.82) is 0 Å². The molecule has 0 spiro atoms. The first kappa shape index (κ1) is 17.0. The summed E-state index contributed by atoms with van der Waals surface area (Å²) >= 11 is 0. The summed E-state index contributed by atoms with van der Waals surface area (Å²) in [5, 5.41) is 66.3. The van der Waals surface area contributed by atoms with Gasteiger partial charge in [-0.15, -0.1) is 0 Å². The molecule has 21 heavy (non-hydrogen) atoms. The molecule has 0 radical (unpaired) electrons. The normalized spacial score (nSPS) is 51.3. The first-order valence-electron chi connectivity index (χ1n) is 6.49. The van der Waals surface area contributed by atoms with Crippen molar-refractivity contribution >= 4 is 0 Å². The summed E-state index contributed by atoms with van der Waals surface area (Å²) in [6, 6.07) is 0. The Labute approximate surface area is 119 Å². The minimum Gasteiger partial charge on any atom is -0.394 e. The summed E-state index contributed by atoms with van der Waals surface area (Å²) in [4.78, 5) is 0. The van der Waals surface area contributed by atoms with E-state index in [9.17, 15) is 25.5 Å².